The maximum absolute atomic E-state index is 6.26. The Morgan fingerprint density at radius 3 is 2.59 bits per heavy atom. The molecule has 0 fully saturated rings. The number of hydrogen-bond donors (Lipinski definition) is 1. The van der Waals surface area contributed by atoms with Crippen LogP contribution in [0.25, 0.3) is 0 Å². The molecule has 1 aliphatic heterocycles. The lowest BCUT2D eigenvalue weighted by Gasteiger charge is -2.38. The number of nitrogens with two attached hydrogens (primary N) is 1. The Balaban J connectivity index is 2.48. The minimum absolute atomic E-state index is 0.0188. The van der Waals surface area contributed by atoms with Gasteiger partial charge in [-0.15, -0.1) is 0 Å². The first-order chi connectivity index (χ1) is 8.14. The molecule has 0 aliphatic carbocycles. The lowest BCUT2D eigenvalue weighted by Crippen LogP contribution is -2.51. The van der Waals surface area contributed by atoms with Crippen LogP contribution < -0.4 is 10.6 Å². The summed E-state index contributed by atoms with van der Waals surface area (Å²) < 4.78 is 0. The van der Waals surface area contributed by atoms with Crippen LogP contribution in [0.2, 0.25) is 5.02 Å². The third kappa shape index (κ3) is 1.89. The van der Waals surface area contributed by atoms with E-state index < -0.39 is 0 Å². The standard InChI is InChI=1S/C13H18ClN3/c1-3-13(4-2)9-16-12(15)17(13)11-8-6-5-7-10(11)14/h5-8H,3-4,9H2,1-2H3,(H2,15,16). The van der Waals surface area contributed by atoms with Crippen LogP contribution in [0.1, 0.15) is 26.7 Å². The Labute approximate surface area is 107 Å². The Kier molecular flexibility index (Phi) is 3.29. The normalized spacial score (nSPS) is 18.3. The van der Waals surface area contributed by atoms with Gasteiger partial charge < -0.3 is 10.6 Å². The van der Waals surface area contributed by atoms with Crippen LogP contribution in [0.4, 0.5) is 5.69 Å². The van der Waals surface area contributed by atoms with Crippen molar-refractivity contribution < 1.29 is 0 Å². The summed E-state index contributed by atoms with van der Waals surface area (Å²) >= 11 is 6.26. The van der Waals surface area contributed by atoms with Crippen LogP contribution in [-0.4, -0.2) is 18.0 Å². The smallest absolute Gasteiger partial charge is 0.196 e. The van der Waals surface area contributed by atoms with Gasteiger partial charge in [-0.25, -0.2) is 0 Å². The van der Waals surface area contributed by atoms with E-state index in [9.17, 15) is 0 Å². The molecule has 2 rings (SSSR count). The number of rotatable bonds is 3. The fraction of sp³-hybridized carbons (Fsp3) is 0.462. The van der Waals surface area contributed by atoms with Gasteiger partial charge in [0.05, 0.1) is 22.8 Å². The number of halogens is 1. The molecule has 0 radical (unpaired) electrons. The van der Waals surface area contributed by atoms with Crippen LogP contribution in [0.3, 0.4) is 0 Å². The van der Waals surface area contributed by atoms with Crippen molar-refractivity contribution in [1.82, 2.24) is 0 Å². The molecule has 2 N–H and O–H groups in total. The van der Waals surface area contributed by atoms with E-state index in [0.717, 1.165) is 30.1 Å². The van der Waals surface area contributed by atoms with Crippen LogP contribution in [0.15, 0.2) is 29.3 Å². The summed E-state index contributed by atoms with van der Waals surface area (Å²) in [7, 11) is 0. The quantitative estimate of drug-likeness (QED) is 0.897. The molecule has 0 unspecified atom stereocenters. The number of anilines is 1. The van der Waals surface area contributed by atoms with Crippen molar-refractivity contribution >= 4 is 23.2 Å². The van der Waals surface area contributed by atoms with E-state index in [1.54, 1.807) is 0 Å². The molecule has 1 heterocycles. The SMILES string of the molecule is CCC1(CC)CN=C(N)N1c1ccccc1Cl. The predicted molar refractivity (Wildman–Crippen MR) is 73.7 cm³/mol. The Morgan fingerprint density at radius 2 is 2.00 bits per heavy atom. The molecular weight excluding hydrogens is 234 g/mol. The number of guanidine groups is 1. The zero-order valence-corrected chi connectivity index (χ0v) is 11.0. The molecule has 3 nitrogen and oxygen atoms in total. The van der Waals surface area contributed by atoms with Crippen molar-refractivity contribution in [3.8, 4) is 0 Å². The van der Waals surface area contributed by atoms with Crippen molar-refractivity contribution in [2.24, 2.45) is 10.7 Å². The minimum atomic E-state index is -0.0188. The minimum Gasteiger partial charge on any atom is -0.369 e. The summed E-state index contributed by atoms with van der Waals surface area (Å²) in [5.74, 6) is 0.571. The van der Waals surface area contributed by atoms with E-state index >= 15 is 0 Å². The molecule has 4 heteroatoms. The fourth-order valence-electron chi connectivity index (χ4n) is 2.41. The Morgan fingerprint density at radius 1 is 1.35 bits per heavy atom. The summed E-state index contributed by atoms with van der Waals surface area (Å²) in [5, 5.41) is 0.721. The number of hydrogen-bond acceptors (Lipinski definition) is 3. The molecule has 0 saturated carbocycles. The van der Waals surface area contributed by atoms with E-state index in [0.29, 0.717) is 5.96 Å². The first-order valence-corrected chi connectivity index (χ1v) is 6.37. The van der Waals surface area contributed by atoms with Crippen LogP contribution in [0, 0.1) is 0 Å². The van der Waals surface area contributed by atoms with Crippen LogP contribution >= 0.6 is 11.6 Å². The first-order valence-electron chi connectivity index (χ1n) is 5.99. The fourth-order valence-corrected chi connectivity index (χ4v) is 2.63. The van der Waals surface area contributed by atoms with Crippen molar-refractivity contribution in [1.29, 1.82) is 0 Å². The maximum Gasteiger partial charge on any atom is 0.196 e. The monoisotopic (exact) mass is 251 g/mol. The van der Waals surface area contributed by atoms with Gasteiger partial charge in [-0.1, -0.05) is 37.6 Å². The Bertz CT molecular complexity index is 438. The summed E-state index contributed by atoms with van der Waals surface area (Å²) in [6.45, 7) is 5.08. The topological polar surface area (TPSA) is 41.6 Å². The average molecular weight is 252 g/mol. The Hall–Kier alpha value is -1.22. The highest BCUT2D eigenvalue weighted by atomic mass is 35.5. The molecule has 0 atom stereocenters. The summed E-state index contributed by atoms with van der Waals surface area (Å²) in [4.78, 5) is 6.48. The maximum atomic E-state index is 6.26. The highest BCUT2D eigenvalue weighted by molar-refractivity contribution is 6.34. The van der Waals surface area contributed by atoms with Gasteiger partial charge in [0.2, 0.25) is 0 Å². The molecule has 0 amide bonds. The number of aliphatic imine (C=N–C) groups is 1. The number of nitrogens with zero attached hydrogens (tertiary/aromatic N) is 2. The van der Waals surface area contributed by atoms with Crippen LogP contribution in [0.5, 0.6) is 0 Å². The zero-order valence-electron chi connectivity index (χ0n) is 10.3. The summed E-state index contributed by atoms with van der Waals surface area (Å²) in [5.41, 5.74) is 6.96. The van der Waals surface area contributed by atoms with Gasteiger partial charge in [-0.05, 0) is 25.0 Å². The second kappa shape index (κ2) is 4.57. The first kappa shape index (κ1) is 12.2. The average Bonchev–Trinajstić information content (AvgIpc) is 2.68. The van der Waals surface area contributed by atoms with Gasteiger partial charge in [-0.2, -0.15) is 0 Å². The molecule has 0 spiro atoms. The number of benzene rings is 1. The molecule has 0 saturated heterocycles. The molecule has 0 aromatic heterocycles. The van der Waals surface area contributed by atoms with Gasteiger partial charge in [0, 0.05) is 0 Å². The molecule has 1 aliphatic rings. The van der Waals surface area contributed by atoms with E-state index in [4.69, 9.17) is 17.3 Å². The highest BCUT2D eigenvalue weighted by Gasteiger charge is 2.40. The second-order valence-corrected chi connectivity index (χ2v) is 4.80. The van der Waals surface area contributed by atoms with Crippen molar-refractivity contribution in [3.05, 3.63) is 29.3 Å². The summed E-state index contributed by atoms with van der Waals surface area (Å²) in [6, 6.07) is 7.78. The van der Waals surface area contributed by atoms with Crippen molar-refractivity contribution in [3.63, 3.8) is 0 Å². The van der Waals surface area contributed by atoms with Gasteiger partial charge in [0.25, 0.3) is 0 Å². The predicted octanol–water partition coefficient (Wildman–Crippen LogP) is 3.03. The lowest BCUT2D eigenvalue weighted by atomic mass is 9.91. The van der Waals surface area contributed by atoms with Crippen LogP contribution in [-0.2, 0) is 0 Å². The molecule has 1 aromatic carbocycles. The highest BCUT2D eigenvalue weighted by Crippen LogP contribution is 2.37. The van der Waals surface area contributed by atoms with Crippen molar-refractivity contribution in [2.45, 2.75) is 32.2 Å². The van der Waals surface area contributed by atoms with Gasteiger partial charge in [0.15, 0.2) is 5.96 Å². The van der Waals surface area contributed by atoms with Crippen molar-refractivity contribution in [2.75, 3.05) is 11.4 Å². The lowest BCUT2D eigenvalue weighted by molar-refractivity contribution is 0.426. The van der Waals surface area contributed by atoms with E-state index in [1.165, 1.54) is 0 Å². The third-order valence-electron chi connectivity index (χ3n) is 3.65. The van der Waals surface area contributed by atoms with E-state index in [2.05, 4.69) is 23.7 Å². The van der Waals surface area contributed by atoms with Gasteiger partial charge >= 0.3 is 0 Å². The molecule has 92 valence electrons. The zero-order chi connectivity index (χ0) is 12.5. The molecule has 0 bridgehead atoms. The number of para-hydroxylation sites is 1. The largest absolute Gasteiger partial charge is 0.369 e. The van der Waals surface area contributed by atoms with Gasteiger partial charge in [0.1, 0.15) is 0 Å². The van der Waals surface area contributed by atoms with Gasteiger partial charge in [-0.3, -0.25) is 4.99 Å². The second-order valence-electron chi connectivity index (χ2n) is 4.39. The van der Waals surface area contributed by atoms with E-state index in [1.807, 2.05) is 24.3 Å². The third-order valence-corrected chi connectivity index (χ3v) is 3.97. The molecular formula is C13H18ClN3. The van der Waals surface area contributed by atoms with E-state index in [-0.39, 0.29) is 5.54 Å². The summed E-state index contributed by atoms with van der Waals surface area (Å²) in [6.07, 6.45) is 2.00. The molecule has 17 heavy (non-hydrogen) atoms. The molecule has 1 aromatic rings.